The molecule has 2 heterocycles. The molecule has 4 nitrogen and oxygen atoms in total. The molecular formula is C15H27N3O. The third-order valence-corrected chi connectivity index (χ3v) is 3.59. The lowest BCUT2D eigenvalue weighted by molar-refractivity contribution is 0.0888. The van der Waals surface area contributed by atoms with Crippen LogP contribution in [0.5, 0.6) is 0 Å². The van der Waals surface area contributed by atoms with Gasteiger partial charge in [-0.2, -0.15) is 5.10 Å². The molecule has 0 radical (unpaired) electrons. The fourth-order valence-electron chi connectivity index (χ4n) is 2.43. The monoisotopic (exact) mass is 265 g/mol. The summed E-state index contributed by atoms with van der Waals surface area (Å²) in [5, 5.41) is 8.01. The van der Waals surface area contributed by atoms with Gasteiger partial charge in [0, 0.05) is 42.4 Å². The maximum Gasteiger partial charge on any atom is 0.0896 e. The first-order chi connectivity index (χ1) is 8.87. The van der Waals surface area contributed by atoms with Crippen molar-refractivity contribution in [2.45, 2.75) is 58.7 Å². The van der Waals surface area contributed by atoms with Gasteiger partial charge < -0.3 is 10.1 Å². The van der Waals surface area contributed by atoms with Gasteiger partial charge in [-0.05, 0) is 41.0 Å². The Bertz CT molecular complexity index is 406. The highest BCUT2D eigenvalue weighted by molar-refractivity contribution is 5.11. The molecule has 0 aliphatic carbocycles. The van der Waals surface area contributed by atoms with E-state index in [2.05, 4.69) is 51.2 Å². The Morgan fingerprint density at radius 3 is 2.79 bits per heavy atom. The molecule has 19 heavy (non-hydrogen) atoms. The van der Waals surface area contributed by atoms with Crippen LogP contribution in [0.2, 0.25) is 0 Å². The van der Waals surface area contributed by atoms with Crippen LogP contribution in [0.4, 0.5) is 0 Å². The van der Waals surface area contributed by atoms with E-state index < -0.39 is 0 Å². The van der Waals surface area contributed by atoms with Crippen molar-refractivity contribution in [3.8, 4) is 0 Å². The lowest BCUT2D eigenvalue weighted by atomic mass is 9.96. The molecule has 0 saturated carbocycles. The predicted molar refractivity (Wildman–Crippen MR) is 77.2 cm³/mol. The molecule has 2 unspecified atom stereocenters. The van der Waals surface area contributed by atoms with Crippen LogP contribution in [0.25, 0.3) is 0 Å². The van der Waals surface area contributed by atoms with E-state index in [1.54, 1.807) is 0 Å². The highest BCUT2D eigenvalue weighted by Gasteiger charge is 2.31. The molecule has 1 aliphatic heterocycles. The van der Waals surface area contributed by atoms with Gasteiger partial charge in [0.05, 0.1) is 12.3 Å². The molecule has 2 atom stereocenters. The summed E-state index contributed by atoms with van der Waals surface area (Å²) in [7, 11) is 0. The van der Waals surface area contributed by atoms with Gasteiger partial charge in [0.15, 0.2) is 0 Å². The summed E-state index contributed by atoms with van der Waals surface area (Å²) in [4.78, 5) is 0. The van der Waals surface area contributed by atoms with Crippen molar-refractivity contribution in [2.75, 3.05) is 13.2 Å². The van der Waals surface area contributed by atoms with E-state index in [4.69, 9.17) is 4.74 Å². The summed E-state index contributed by atoms with van der Waals surface area (Å²) >= 11 is 0. The lowest BCUT2D eigenvalue weighted by Crippen LogP contribution is -2.39. The van der Waals surface area contributed by atoms with Crippen LogP contribution in [-0.4, -0.2) is 28.5 Å². The second kappa shape index (κ2) is 5.63. The van der Waals surface area contributed by atoms with Crippen LogP contribution in [0, 0.1) is 5.92 Å². The van der Waals surface area contributed by atoms with E-state index in [9.17, 15) is 0 Å². The van der Waals surface area contributed by atoms with E-state index in [0.29, 0.717) is 12.0 Å². The predicted octanol–water partition coefficient (Wildman–Crippen LogP) is 2.93. The summed E-state index contributed by atoms with van der Waals surface area (Å²) in [6.45, 7) is 12.8. The highest BCUT2D eigenvalue weighted by Crippen LogP contribution is 2.34. The van der Waals surface area contributed by atoms with Crippen molar-refractivity contribution >= 4 is 0 Å². The van der Waals surface area contributed by atoms with Gasteiger partial charge in [0.2, 0.25) is 0 Å². The first-order valence-electron chi connectivity index (χ1n) is 7.27. The van der Waals surface area contributed by atoms with Gasteiger partial charge in [-0.1, -0.05) is 0 Å². The van der Waals surface area contributed by atoms with E-state index in [0.717, 1.165) is 19.6 Å². The van der Waals surface area contributed by atoms with Gasteiger partial charge in [0.25, 0.3) is 0 Å². The Kier molecular flexibility index (Phi) is 4.31. The van der Waals surface area contributed by atoms with Gasteiger partial charge in [-0.15, -0.1) is 0 Å². The van der Waals surface area contributed by atoms with Crippen LogP contribution in [-0.2, 0) is 4.74 Å². The zero-order chi connectivity index (χ0) is 14.0. The van der Waals surface area contributed by atoms with Crippen LogP contribution in [0.1, 0.15) is 58.7 Å². The number of aromatic nitrogens is 2. The van der Waals surface area contributed by atoms with Gasteiger partial charge in [0.1, 0.15) is 0 Å². The smallest absolute Gasteiger partial charge is 0.0896 e. The average Bonchev–Trinajstić information content (AvgIpc) is 2.93. The molecule has 1 saturated heterocycles. The zero-order valence-corrected chi connectivity index (χ0v) is 12.8. The molecule has 2 rings (SSSR count). The molecular weight excluding hydrogens is 238 g/mol. The minimum Gasteiger partial charge on any atom is -0.373 e. The average molecular weight is 265 g/mol. The standard InChI is InChI=1S/C15H27N3O/c1-11(2)18-10-13(9-17-18)14-12(6-7-19-14)8-16-15(3,4)5/h9-12,14,16H,6-8H2,1-5H3. The number of nitrogens with zero attached hydrogens (tertiary/aromatic N) is 2. The minimum absolute atomic E-state index is 0.162. The topological polar surface area (TPSA) is 39.1 Å². The Hall–Kier alpha value is -0.870. The quantitative estimate of drug-likeness (QED) is 0.909. The fourth-order valence-corrected chi connectivity index (χ4v) is 2.43. The third-order valence-electron chi connectivity index (χ3n) is 3.59. The van der Waals surface area contributed by atoms with Crippen LogP contribution in [0.15, 0.2) is 12.4 Å². The molecule has 4 heteroatoms. The third kappa shape index (κ3) is 3.80. The van der Waals surface area contributed by atoms with Crippen molar-refractivity contribution in [3.05, 3.63) is 18.0 Å². The molecule has 0 spiro atoms. The minimum atomic E-state index is 0.162. The maximum absolute atomic E-state index is 5.92. The second-order valence-electron chi connectivity index (χ2n) is 6.82. The molecule has 0 bridgehead atoms. The second-order valence-corrected chi connectivity index (χ2v) is 6.82. The van der Waals surface area contributed by atoms with E-state index in [1.165, 1.54) is 5.56 Å². The molecule has 1 aromatic rings. The molecule has 1 N–H and O–H groups in total. The molecule has 0 amide bonds. The highest BCUT2D eigenvalue weighted by atomic mass is 16.5. The largest absolute Gasteiger partial charge is 0.373 e. The maximum atomic E-state index is 5.92. The molecule has 1 aromatic heterocycles. The zero-order valence-electron chi connectivity index (χ0n) is 12.8. The normalized spacial score (nSPS) is 24.3. The Morgan fingerprint density at radius 1 is 1.47 bits per heavy atom. The summed E-state index contributed by atoms with van der Waals surface area (Å²) in [6, 6.07) is 0.404. The Balaban J connectivity index is 2.01. The van der Waals surface area contributed by atoms with Crippen molar-refractivity contribution in [2.24, 2.45) is 5.92 Å². The molecule has 1 fully saturated rings. The Morgan fingerprint density at radius 2 is 2.21 bits per heavy atom. The SMILES string of the molecule is CC(C)n1cc(C2OCCC2CNC(C)(C)C)cn1. The lowest BCUT2D eigenvalue weighted by Gasteiger charge is -2.25. The fraction of sp³-hybridized carbons (Fsp3) is 0.800. The molecule has 108 valence electrons. The summed E-state index contributed by atoms with van der Waals surface area (Å²) in [5.41, 5.74) is 1.38. The number of nitrogens with one attached hydrogen (secondary N) is 1. The summed E-state index contributed by atoms with van der Waals surface area (Å²) in [6.07, 6.45) is 5.41. The number of ether oxygens (including phenoxy) is 1. The van der Waals surface area contributed by atoms with E-state index in [1.807, 2.05) is 10.9 Å². The van der Waals surface area contributed by atoms with Crippen molar-refractivity contribution in [3.63, 3.8) is 0 Å². The molecule has 0 aromatic carbocycles. The van der Waals surface area contributed by atoms with Crippen molar-refractivity contribution < 1.29 is 4.74 Å². The number of hydrogen-bond acceptors (Lipinski definition) is 3. The first kappa shape index (κ1) is 14.5. The molecule has 1 aliphatic rings. The first-order valence-corrected chi connectivity index (χ1v) is 7.27. The Labute approximate surface area is 116 Å². The van der Waals surface area contributed by atoms with Crippen LogP contribution < -0.4 is 5.32 Å². The van der Waals surface area contributed by atoms with Crippen LogP contribution >= 0.6 is 0 Å². The van der Waals surface area contributed by atoms with E-state index >= 15 is 0 Å². The van der Waals surface area contributed by atoms with Crippen LogP contribution in [0.3, 0.4) is 0 Å². The van der Waals surface area contributed by atoms with Crippen molar-refractivity contribution in [1.29, 1.82) is 0 Å². The van der Waals surface area contributed by atoms with Gasteiger partial charge in [-0.3, -0.25) is 4.68 Å². The number of hydrogen-bond donors (Lipinski definition) is 1. The van der Waals surface area contributed by atoms with Gasteiger partial charge >= 0.3 is 0 Å². The van der Waals surface area contributed by atoms with Crippen molar-refractivity contribution in [1.82, 2.24) is 15.1 Å². The summed E-state index contributed by atoms with van der Waals surface area (Å²) in [5.74, 6) is 0.545. The summed E-state index contributed by atoms with van der Waals surface area (Å²) < 4.78 is 7.92. The van der Waals surface area contributed by atoms with Gasteiger partial charge in [-0.25, -0.2) is 0 Å². The van der Waals surface area contributed by atoms with E-state index in [-0.39, 0.29) is 11.6 Å². The number of rotatable bonds is 4.